The lowest BCUT2D eigenvalue weighted by molar-refractivity contribution is -0.137. The Bertz CT molecular complexity index is 490. The summed E-state index contributed by atoms with van der Waals surface area (Å²) in [5, 5.41) is 15.9. The van der Waals surface area contributed by atoms with E-state index in [1.165, 1.54) is 0 Å². The second-order valence-electron chi connectivity index (χ2n) is 4.42. The van der Waals surface area contributed by atoms with E-state index in [1.807, 2.05) is 30.3 Å². The van der Waals surface area contributed by atoms with Crippen LogP contribution >= 0.6 is 0 Å². The van der Waals surface area contributed by atoms with Gasteiger partial charge in [-0.3, -0.25) is 14.4 Å². The van der Waals surface area contributed by atoms with E-state index in [0.717, 1.165) is 5.56 Å². The molecule has 0 saturated carbocycles. The van der Waals surface area contributed by atoms with E-state index in [4.69, 9.17) is 5.11 Å². The van der Waals surface area contributed by atoms with Crippen molar-refractivity contribution >= 4 is 17.8 Å². The number of carboxylic acid groups (broad SMARTS) is 1. The van der Waals surface area contributed by atoms with Crippen LogP contribution in [0.15, 0.2) is 30.3 Å². The molecule has 0 bridgehead atoms. The van der Waals surface area contributed by atoms with Crippen molar-refractivity contribution in [2.45, 2.75) is 12.5 Å². The van der Waals surface area contributed by atoms with E-state index in [0.29, 0.717) is 6.42 Å². The van der Waals surface area contributed by atoms with Crippen molar-refractivity contribution in [3.8, 4) is 0 Å². The Labute approximate surface area is 122 Å². The Kier molecular flexibility index (Phi) is 6.90. The number of carboxylic acids is 1. The lowest BCUT2D eigenvalue weighted by Gasteiger charge is -2.16. The average molecular weight is 293 g/mol. The summed E-state index contributed by atoms with van der Waals surface area (Å²) in [7, 11) is 1.66. The van der Waals surface area contributed by atoms with Gasteiger partial charge in [0.1, 0.15) is 6.54 Å². The minimum atomic E-state index is -1.13. The minimum absolute atomic E-state index is 0.251. The fraction of sp³-hybridized carbons (Fsp3) is 0.357. The van der Waals surface area contributed by atoms with Crippen molar-refractivity contribution in [3.63, 3.8) is 0 Å². The number of hydrogen-bond acceptors (Lipinski definition) is 4. The van der Waals surface area contributed by atoms with Crippen LogP contribution in [0, 0.1) is 0 Å². The number of benzene rings is 1. The summed E-state index contributed by atoms with van der Waals surface area (Å²) in [6.07, 6.45) is 0.500. The molecule has 4 N–H and O–H groups in total. The largest absolute Gasteiger partial charge is 0.480 e. The van der Waals surface area contributed by atoms with E-state index in [9.17, 15) is 14.4 Å². The molecule has 0 aliphatic rings. The quantitative estimate of drug-likeness (QED) is 0.498. The first kappa shape index (κ1) is 16.6. The highest BCUT2D eigenvalue weighted by atomic mass is 16.4. The Morgan fingerprint density at radius 3 is 2.33 bits per heavy atom. The molecule has 1 aromatic rings. The van der Waals surface area contributed by atoms with Gasteiger partial charge in [0.05, 0.1) is 12.6 Å². The number of likely N-dealkylation sites (N-methyl/N-ethyl adjacent to an activating group) is 1. The van der Waals surface area contributed by atoms with Crippen molar-refractivity contribution in [2.75, 3.05) is 20.1 Å². The molecule has 0 aromatic heterocycles. The van der Waals surface area contributed by atoms with Gasteiger partial charge in [-0.05, 0) is 19.0 Å². The topological polar surface area (TPSA) is 108 Å². The van der Waals surface area contributed by atoms with Crippen LogP contribution in [0.2, 0.25) is 0 Å². The van der Waals surface area contributed by atoms with Crippen molar-refractivity contribution in [3.05, 3.63) is 35.9 Å². The second kappa shape index (κ2) is 8.70. The Morgan fingerprint density at radius 1 is 1.10 bits per heavy atom. The standard InChI is InChI=1S/C14H19N3O4/c1-15-11(7-10-5-3-2-4-6-10)14(21)17-8-12(18)16-9-13(19)20/h2-6,11,15H,7-9H2,1H3,(H,16,18)(H,17,21)(H,19,20)/t11-/m0/s1. The summed E-state index contributed by atoms with van der Waals surface area (Å²) >= 11 is 0. The summed E-state index contributed by atoms with van der Waals surface area (Å²) in [6, 6.07) is 9.04. The molecule has 114 valence electrons. The molecular weight excluding hydrogens is 274 g/mol. The van der Waals surface area contributed by atoms with Gasteiger partial charge in [0.15, 0.2) is 0 Å². The highest BCUT2D eigenvalue weighted by molar-refractivity contribution is 5.88. The smallest absolute Gasteiger partial charge is 0.322 e. The minimum Gasteiger partial charge on any atom is -0.480 e. The molecule has 0 fully saturated rings. The van der Waals surface area contributed by atoms with E-state index < -0.39 is 24.5 Å². The van der Waals surface area contributed by atoms with Crippen LogP contribution in [-0.4, -0.2) is 49.1 Å². The molecule has 0 aliphatic carbocycles. The number of amides is 2. The zero-order chi connectivity index (χ0) is 15.7. The molecule has 2 amide bonds. The first-order valence-corrected chi connectivity index (χ1v) is 6.50. The first-order chi connectivity index (χ1) is 10.0. The number of carbonyl (C=O) groups excluding carboxylic acids is 2. The Hall–Kier alpha value is -2.41. The van der Waals surface area contributed by atoms with Gasteiger partial charge >= 0.3 is 5.97 Å². The number of nitrogens with one attached hydrogen (secondary N) is 3. The van der Waals surface area contributed by atoms with Gasteiger partial charge in [0, 0.05) is 0 Å². The maximum atomic E-state index is 12.0. The van der Waals surface area contributed by atoms with Crippen LogP contribution in [0.5, 0.6) is 0 Å². The summed E-state index contributed by atoms with van der Waals surface area (Å²) in [5.74, 6) is -1.99. The molecule has 0 unspecified atom stereocenters. The molecule has 0 spiro atoms. The summed E-state index contributed by atoms with van der Waals surface area (Å²) in [6.45, 7) is -0.715. The number of aliphatic carboxylic acids is 1. The third-order valence-corrected chi connectivity index (χ3v) is 2.81. The van der Waals surface area contributed by atoms with Crippen LogP contribution in [0.25, 0.3) is 0 Å². The maximum absolute atomic E-state index is 12.0. The van der Waals surface area contributed by atoms with Crippen molar-refractivity contribution in [1.29, 1.82) is 0 Å². The van der Waals surface area contributed by atoms with Crippen LogP contribution in [-0.2, 0) is 20.8 Å². The molecule has 7 heteroatoms. The molecule has 0 saturated heterocycles. The zero-order valence-corrected chi connectivity index (χ0v) is 11.8. The van der Waals surface area contributed by atoms with Gasteiger partial charge in [-0.15, -0.1) is 0 Å². The third kappa shape index (κ3) is 6.53. The van der Waals surface area contributed by atoms with E-state index in [2.05, 4.69) is 16.0 Å². The van der Waals surface area contributed by atoms with Gasteiger partial charge in [0.2, 0.25) is 11.8 Å². The van der Waals surface area contributed by atoms with Gasteiger partial charge in [-0.2, -0.15) is 0 Å². The van der Waals surface area contributed by atoms with Crippen molar-refractivity contribution in [2.24, 2.45) is 0 Å². The van der Waals surface area contributed by atoms with Gasteiger partial charge < -0.3 is 21.1 Å². The fourth-order valence-corrected chi connectivity index (χ4v) is 1.70. The predicted octanol–water partition coefficient (Wildman–Crippen LogP) is -0.866. The monoisotopic (exact) mass is 293 g/mol. The fourth-order valence-electron chi connectivity index (χ4n) is 1.70. The van der Waals surface area contributed by atoms with Crippen LogP contribution in [0.4, 0.5) is 0 Å². The van der Waals surface area contributed by atoms with Crippen LogP contribution < -0.4 is 16.0 Å². The van der Waals surface area contributed by atoms with E-state index in [-0.39, 0.29) is 12.5 Å². The molecule has 1 atom stereocenters. The molecular formula is C14H19N3O4. The zero-order valence-electron chi connectivity index (χ0n) is 11.8. The van der Waals surface area contributed by atoms with Gasteiger partial charge in [-0.1, -0.05) is 30.3 Å². The summed E-state index contributed by atoms with van der Waals surface area (Å²) in [5.41, 5.74) is 1.00. The Morgan fingerprint density at radius 2 is 1.76 bits per heavy atom. The molecule has 1 rings (SSSR count). The second-order valence-corrected chi connectivity index (χ2v) is 4.42. The van der Waals surface area contributed by atoms with E-state index >= 15 is 0 Å². The van der Waals surface area contributed by atoms with E-state index in [1.54, 1.807) is 7.05 Å². The molecule has 21 heavy (non-hydrogen) atoms. The molecule has 0 aliphatic heterocycles. The SMILES string of the molecule is CN[C@@H](Cc1ccccc1)C(=O)NCC(=O)NCC(=O)O. The predicted molar refractivity (Wildman–Crippen MR) is 76.6 cm³/mol. The molecule has 0 heterocycles. The average Bonchev–Trinajstić information content (AvgIpc) is 2.49. The number of hydrogen-bond donors (Lipinski definition) is 4. The van der Waals surface area contributed by atoms with Crippen LogP contribution in [0.3, 0.4) is 0 Å². The first-order valence-electron chi connectivity index (χ1n) is 6.50. The lowest BCUT2D eigenvalue weighted by Crippen LogP contribution is -2.47. The highest BCUT2D eigenvalue weighted by Crippen LogP contribution is 2.02. The normalized spacial score (nSPS) is 11.5. The molecule has 7 nitrogen and oxygen atoms in total. The summed E-state index contributed by atoms with van der Waals surface area (Å²) in [4.78, 5) is 33.6. The van der Waals surface area contributed by atoms with Crippen LogP contribution in [0.1, 0.15) is 5.56 Å². The highest BCUT2D eigenvalue weighted by Gasteiger charge is 2.17. The maximum Gasteiger partial charge on any atom is 0.322 e. The molecule has 0 radical (unpaired) electrons. The lowest BCUT2D eigenvalue weighted by atomic mass is 10.1. The van der Waals surface area contributed by atoms with Gasteiger partial charge in [0.25, 0.3) is 0 Å². The summed E-state index contributed by atoms with van der Waals surface area (Å²) < 4.78 is 0. The number of carbonyl (C=O) groups is 3. The third-order valence-electron chi connectivity index (χ3n) is 2.81. The molecule has 1 aromatic carbocycles. The van der Waals surface area contributed by atoms with Crippen molar-refractivity contribution < 1.29 is 19.5 Å². The van der Waals surface area contributed by atoms with Gasteiger partial charge in [-0.25, -0.2) is 0 Å². The number of rotatable bonds is 8. The van der Waals surface area contributed by atoms with Crippen molar-refractivity contribution in [1.82, 2.24) is 16.0 Å². The Balaban J connectivity index is 2.41.